The normalized spacial score (nSPS) is 16.6. The van der Waals surface area contributed by atoms with Gasteiger partial charge in [0, 0.05) is 46.7 Å². The molecule has 0 amide bonds. The van der Waals surface area contributed by atoms with E-state index < -0.39 is 6.10 Å². The van der Waals surface area contributed by atoms with E-state index in [-0.39, 0.29) is 6.04 Å². The Morgan fingerprint density at radius 1 is 0.926 bits per heavy atom. The quantitative estimate of drug-likeness (QED) is 0.660. The van der Waals surface area contributed by atoms with Gasteiger partial charge in [0.1, 0.15) is 6.10 Å². The monoisotopic (exact) mass is 399 g/mol. The second-order valence-corrected chi connectivity index (χ2v) is 7.51. The van der Waals surface area contributed by atoms with E-state index in [0.29, 0.717) is 15.7 Å². The van der Waals surface area contributed by atoms with Gasteiger partial charge in [-0.3, -0.25) is 14.9 Å². The van der Waals surface area contributed by atoms with Crippen LogP contribution in [0.2, 0.25) is 10.0 Å². The van der Waals surface area contributed by atoms with Crippen LogP contribution < -0.4 is 0 Å². The van der Waals surface area contributed by atoms with Gasteiger partial charge in [0.2, 0.25) is 0 Å². The molecule has 0 aliphatic carbocycles. The second kappa shape index (κ2) is 7.95. The van der Waals surface area contributed by atoms with Crippen LogP contribution in [0.4, 0.5) is 0 Å². The lowest BCUT2D eigenvalue weighted by Crippen LogP contribution is -2.43. The Kier molecular flexibility index (Phi) is 5.41. The number of halogens is 2. The zero-order chi connectivity index (χ0) is 18.8. The van der Waals surface area contributed by atoms with E-state index in [2.05, 4.69) is 14.9 Å². The Bertz CT molecular complexity index is 911. The van der Waals surface area contributed by atoms with Crippen molar-refractivity contribution in [1.29, 1.82) is 0 Å². The summed E-state index contributed by atoms with van der Waals surface area (Å²) < 4.78 is 0. The molecule has 4 rings (SSSR count). The predicted molar refractivity (Wildman–Crippen MR) is 108 cm³/mol. The SMILES string of the molecule is O[C@H](c1cccnc1-c1cc(Cl)cc(Cl)c1)[C@H](c1ccccn1)N1CCC1. The van der Waals surface area contributed by atoms with Gasteiger partial charge in [-0.05, 0) is 42.8 Å². The molecule has 0 saturated carbocycles. The van der Waals surface area contributed by atoms with E-state index >= 15 is 0 Å². The molecule has 0 bridgehead atoms. The zero-order valence-electron chi connectivity index (χ0n) is 14.6. The van der Waals surface area contributed by atoms with Gasteiger partial charge in [-0.2, -0.15) is 0 Å². The van der Waals surface area contributed by atoms with Gasteiger partial charge in [0.15, 0.2) is 0 Å². The lowest BCUT2D eigenvalue weighted by Gasteiger charge is -2.40. The van der Waals surface area contributed by atoms with Crippen LogP contribution >= 0.6 is 23.2 Å². The molecule has 1 fully saturated rings. The van der Waals surface area contributed by atoms with Crippen molar-refractivity contribution in [2.45, 2.75) is 18.6 Å². The highest BCUT2D eigenvalue weighted by Crippen LogP contribution is 2.39. The fourth-order valence-corrected chi connectivity index (χ4v) is 4.00. The minimum absolute atomic E-state index is 0.224. The first kappa shape index (κ1) is 18.4. The number of rotatable bonds is 5. The van der Waals surface area contributed by atoms with Crippen molar-refractivity contribution in [2.24, 2.45) is 0 Å². The molecule has 0 spiro atoms. The molecule has 0 radical (unpaired) electrons. The summed E-state index contributed by atoms with van der Waals surface area (Å²) in [6.45, 7) is 1.88. The number of aliphatic hydroxyl groups excluding tert-OH is 1. The van der Waals surface area contributed by atoms with Crippen LogP contribution in [0, 0.1) is 0 Å². The molecule has 3 aromatic rings. The van der Waals surface area contributed by atoms with Crippen LogP contribution in [-0.2, 0) is 0 Å². The van der Waals surface area contributed by atoms with E-state index in [1.807, 2.05) is 42.5 Å². The average Bonchev–Trinajstić information content (AvgIpc) is 2.64. The first-order valence-electron chi connectivity index (χ1n) is 8.88. The number of likely N-dealkylation sites (tertiary alicyclic amines) is 1. The maximum absolute atomic E-state index is 11.4. The third-order valence-corrected chi connectivity index (χ3v) is 5.30. The largest absolute Gasteiger partial charge is 0.386 e. The van der Waals surface area contributed by atoms with Crippen molar-refractivity contribution in [1.82, 2.24) is 14.9 Å². The fourth-order valence-electron chi connectivity index (χ4n) is 3.48. The molecule has 2 aromatic heterocycles. The highest BCUT2D eigenvalue weighted by Gasteiger charge is 2.34. The number of pyridine rings is 2. The lowest BCUT2D eigenvalue weighted by molar-refractivity contribution is 0.0109. The molecule has 1 aliphatic heterocycles. The molecule has 6 heteroatoms. The number of aromatic nitrogens is 2. The third-order valence-electron chi connectivity index (χ3n) is 4.87. The van der Waals surface area contributed by atoms with E-state index in [1.54, 1.807) is 18.5 Å². The summed E-state index contributed by atoms with van der Waals surface area (Å²) in [5.41, 5.74) is 3.04. The van der Waals surface area contributed by atoms with Crippen molar-refractivity contribution in [3.05, 3.63) is 82.2 Å². The zero-order valence-corrected chi connectivity index (χ0v) is 16.1. The molecule has 138 valence electrons. The molecule has 3 heterocycles. The first-order valence-corrected chi connectivity index (χ1v) is 9.63. The number of hydrogen-bond acceptors (Lipinski definition) is 4. The van der Waals surface area contributed by atoms with Crippen molar-refractivity contribution in [3.63, 3.8) is 0 Å². The Morgan fingerprint density at radius 2 is 1.67 bits per heavy atom. The second-order valence-electron chi connectivity index (χ2n) is 6.63. The van der Waals surface area contributed by atoms with Crippen LogP contribution in [0.5, 0.6) is 0 Å². The number of benzene rings is 1. The molecule has 1 N–H and O–H groups in total. The molecule has 27 heavy (non-hydrogen) atoms. The standard InChI is InChI=1S/C21H19Cl2N3O/c22-15-11-14(12-16(23)13-15)19-17(5-3-8-25-19)21(27)20(26-9-4-10-26)18-6-1-2-7-24-18/h1-3,5-8,11-13,20-21,27H,4,9-10H2/t20-,21+/m0/s1. The minimum atomic E-state index is -0.776. The molecular formula is C21H19Cl2N3O. The Labute approximate surface area is 168 Å². The van der Waals surface area contributed by atoms with E-state index in [9.17, 15) is 5.11 Å². The lowest BCUT2D eigenvalue weighted by atomic mass is 9.92. The maximum Gasteiger partial charge on any atom is 0.102 e. The molecule has 0 unspecified atom stereocenters. The maximum atomic E-state index is 11.4. The van der Waals surface area contributed by atoms with Gasteiger partial charge in [0.25, 0.3) is 0 Å². The average molecular weight is 400 g/mol. The Balaban J connectivity index is 1.78. The molecule has 1 aliphatic rings. The van der Waals surface area contributed by atoms with Gasteiger partial charge in [-0.15, -0.1) is 0 Å². The van der Waals surface area contributed by atoms with Gasteiger partial charge < -0.3 is 5.11 Å². The summed E-state index contributed by atoms with van der Waals surface area (Å²) in [6.07, 6.45) is 3.82. The Hall–Kier alpha value is -1.98. The van der Waals surface area contributed by atoms with Gasteiger partial charge in [-0.1, -0.05) is 35.3 Å². The third kappa shape index (κ3) is 3.85. The summed E-state index contributed by atoms with van der Waals surface area (Å²) in [4.78, 5) is 11.3. The predicted octanol–water partition coefficient (Wildman–Crippen LogP) is 4.93. The summed E-state index contributed by atoms with van der Waals surface area (Å²) in [6, 6.07) is 14.6. The number of nitrogens with zero attached hydrogens (tertiary/aromatic N) is 3. The molecule has 2 atom stereocenters. The summed E-state index contributed by atoms with van der Waals surface area (Å²) in [5, 5.41) is 12.4. The van der Waals surface area contributed by atoms with Crippen LogP contribution in [0.25, 0.3) is 11.3 Å². The van der Waals surface area contributed by atoms with Crippen molar-refractivity contribution in [3.8, 4) is 11.3 Å². The van der Waals surface area contributed by atoms with E-state index in [1.165, 1.54) is 0 Å². The van der Waals surface area contributed by atoms with Crippen molar-refractivity contribution >= 4 is 23.2 Å². The van der Waals surface area contributed by atoms with Crippen LogP contribution in [0.15, 0.2) is 60.9 Å². The first-order chi connectivity index (χ1) is 13.1. The van der Waals surface area contributed by atoms with Crippen molar-refractivity contribution < 1.29 is 5.11 Å². The molecule has 1 aromatic carbocycles. The highest BCUT2D eigenvalue weighted by atomic mass is 35.5. The smallest absolute Gasteiger partial charge is 0.102 e. The van der Waals surface area contributed by atoms with E-state index in [4.69, 9.17) is 23.2 Å². The van der Waals surface area contributed by atoms with Gasteiger partial charge >= 0.3 is 0 Å². The number of aliphatic hydroxyl groups is 1. The summed E-state index contributed by atoms with van der Waals surface area (Å²) in [7, 11) is 0. The summed E-state index contributed by atoms with van der Waals surface area (Å²) >= 11 is 12.4. The summed E-state index contributed by atoms with van der Waals surface area (Å²) in [5.74, 6) is 0. The van der Waals surface area contributed by atoms with Crippen LogP contribution in [0.3, 0.4) is 0 Å². The van der Waals surface area contributed by atoms with Gasteiger partial charge in [0.05, 0.1) is 17.4 Å². The fraction of sp³-hybridized carbons (Fsp3) is 0.238. The van der Waals surface area contributed by atoms with Crippen molar-refractivity contribution in [2.75, 3.05) is 13.1 Å². The minimum Gasteiger partial charge on any atom is -0.386 e. The van der Waals surface area contributed by atoms with Crippen LogP contribution in [-0.4, -0.2) is 33.1 Å². The highest BCUT2D eigenvalue weighted by molar-refractivity contribution is 6.35. The molecule has 4 nitrogen and oxygen atoms in total. The molecule has 1 saturated heterocycles. The van der Waals surface area contributed by atoms with Crippen LogP contribution in [0.1, 0.15) is 29.8 Å². The Morgan fingerprint density at radius 3 is 2.30 bits per heavy atom. The number of hydrogen-bond donors (Lipinski definition) is 1. The topological polar surface area (TPSA) is 49.3 Å². The van der Waals surface area contributed by atoms with Gasteiger partial charge in [-0.25, -0.2) is 0 Å². The van der Waals surface area contributed by atoms with E-state index in [0.717, 1.165) is 36.3 Å². The molecular weight excluding hydrogens is 381 g/mol.